The van der Waals surface area contributed by atoms with E-state index in [1.165, 1.54) is 12.3 Å². The van der Waals surface area contributed by atoms with Crippen molar-refractivity contribution in [2.75, 3.05) is 13.2 Å². The summed E-state index contributed by atoms with van der Waals surface area (Å²) in [4.78, 5) is 23.2. The van der Waals surface area contributed by atoms with E-state index in [-0.39, 0.29) is 38.1 Å². The molecule has 0 bridgehead atoms. The number of carbonyl (C=O) groups excluding carboxylic acids is 1. The third-order valence-corrected chi connectivity index (χ3v) is 2.21. The zero-order valence-electron chi connectivity index (χ0n) is 11.2. The van der Waals surface area contributed by atoms with E-state index in [0.29, 0.717) is 5.75 Å². The Labute approximate surface area is 116 Å². The first-order valence-corrected chi connectivity index (χ1v) is 6.12. The molecule has 0 radical (unpaired) electrons. The SMILES string of the molecule is CC(N)COc1cnn(CC(=O)NCCC#N)c(=O)c1. The predicted molar refractivity (Wildman–Crippen MR) is 70.9 cm³/mol. The van der Waals surface area contributed by atoms with Crippen molar-refractivity contribution in [1.82, 2.24) is 15.1 Å². The van der Waals surface area contributed by atoms with Crippen LogP contribution in [0, 0.1) is 11.3 Å². The molecule has 1 aromatic heterocycles. The molecule has 8 nitrogen and oxygen atoms in total. The number of hydrogen-bond acceptors (Lipinski definition) is 6. The summed E-state index contributed by atoms with van der Waals surface area (Å²) in [5, 5.41) is 14.7. The van der Waals surface area contributed by atoms with Crippen LogP contribution >= 0.6 is 0 Å². The van der Waals surface area contributed by atoms with E-state index in [9.17, 15) is 9.59 Å². The molecule has 0 fully saturated rings. The van der Waals surface area contributed by atoms with Gasteiger partial charge in [0.2, 0.25) is 5.91 Å². The van der Waals surface area contributed by atoms with Gasteiger partial charge in [0.1, 0.15) is 18.9 Å². The summed E-state index contributed by atoms with van der Waals surface area (Å²) in [6.45, 7) is 2.11. The molecule has 1 amide bonds. The Kier molecular flexibility index (Phi) is 6.19. The summed E-state index contributed by atoms with van der Waals surface area (Å²) < 4.78 is 6.26. The highest BCUT2D eigenvalue weighted by Crippen LogP contribution is 2.03. The lowest BCUT2D eigenvalue weighted by Gasteiger charge is -2.09. The number of amides is 1. The average molecular weight is 279 g/mol. The number of carbonyl (C=O) groups is 1. The van der Waals surface area contributed by atoms with E-state index < -0.39 is 5.56 Å². The summed E-state index contributed by atoms with van der Waals surface area (Å²) in [5.74, 6) is -0.0625. The largest absolute Gasteiger partial charge is 0.490 e. The molecule has 0 spiro atoms. The summed E-state index contributed by atoms with van der Waals surface area (Å²) >= 11 is 0. The third-order valence-electron chi connectivity index (χ3n) is 2.21. The zero-order valence-corrected chi connectivity index (χ0v) is 11.2. The van der Waals surface area contributed by atoms with E-state index in [1.807, 2.05) is 6.07 Å². The lowest BCUT2D eigenvalue weighted by molar-refractivity contribution is -0.121. The second-order valence-electron chi connectivity index (χ2n) is 4.23. The number of rotatable bonds is 7. The molecule has 20 heavy (non-hydrogen) atoms. The molecule has 0 saturated carbocycles. The highest BCUT2D eigenvalue weighted by atomic mass is 16.5. The first kappa shape index (κ1) is 15.7. The molecule has 8 heteroatoms. The average Bonchev–Trinajstić information content (AvgIpc) is 2.39. The van der Waals surface area contributed by atoms with Crippen LogP contribution in [0.25, 0.3) is 0 Å². The van der Waals surface area contributed by atoms with Gasteiger partial charge in [-0.3, -0.25) is 9.59 Å². The number of nitrogens with one attached hydrogen (secondary N) is 1. The number of hydrogen-bond donors (Lipinski definition) is 2. The van der Waals surface area contributed by atoms with Crippen molar-refractivity contribution in [3.05, 3.63) is 22.6 Å². The van der Waals surface area contributed by atoms with Crippen LogP contribution in [0.1, 0.15) is 13.3 Å². The molecule has 1 unspecified atom stereocenters. The Morgan fingerprint density at radius 3 is 3.05 bits per heavy atom. The molecule has 0 aliphatic carbocycles. The maximum absolute atomic E-state index is 11.7. The molecule has 0 saturated heterocycles. The topological polar surface area (TPSA) is 123 Å². The quantitative estimate of drug-likeness (QED) is 0.617. The third kappa shape index (κ3) is 5.49. The van der Waals surface area contributed by atoms with Gasteiger partial charge < -0.3 is 15.8 Å². The Bertz CT molecular complexity index is 547. The number of nitrogens with zero attached hydrogens (tertiary/aromatic N) is 3. The minimum absolute atomic E-state index is 0.150. The fourth-order valence-electron chi connectivity index (χ4n) is 1.29. The van der Waals surface area contributed by atoms with Crippen LogP contribution in [0.4, 0.5) is 0 Å². The van der Waals surface area contributed by atoms with Crippen LogP contribution in [-0.4, -0.2) is 34.9 Å². The van der Waals surface area contributed by atoms with Gasteiger partial charge in [0.25, 0.3) is 5.56 Å². The van der Waals surface area contributed by atoms with Crippen molar-refractivity contribution in [2.45, 2.75) is 25.9 Å². The van der Waals surface area contributed by atoms with Gasteiger partial charge in [-0.25, -0.2) is 4.68 Å². The Hall–Kier alpha value is -2.40. The van der Waals surface area contributed by atoms with Gasteiger partial charge in [-0.05, 0) is 6.92 Å². The normalized spacial score (nSPS) is 11.4. The molecule has 1 aromatic rings. The summed E-state index contributed by atoms with van der Waals surface area (Å²) in [5.41, 5.74) is 5.09. The van der Waals surface area contributed by atoms with Crippen LogP contribution < -0.4 is 21.3 Å². The van der Waals surface area contributed by atoms with Crippen LogP contribution in [0.5, 0.6) is 5.75 Å². The summed E-state index contributed by atoms with van der Waals surface area (Å²) in [6, 6.07) is 3.00. The molecule has 1 rings (SSSR count). The monoisotopic (exact) mass is 279 g/mol. The van der Waals surface area contributed by atoms with E-state index in [4.69, 9.17) is 15.7 Å². The van der Waals surface area contributed by atoms with Crippen molar-refractivity contribution < 1.29 is 9.53 Å². The molecule has 3 N–H and O–H groups in total. The Balaban J connectivity index is 2.58. The van der Waals surface area contributed by atoms with Crippen LogP contribution in [0.2, 0.25) is 0 Å². The van der Waals surface area contributed by atoms with Gasteiger partial charge in [-0.2, -0.15) is 10.4 Å². The summed E-state index contributed by atoms with van der Waals surface area (Å²) in [6.07, 6.45) is 1.57. The number of aromatic nitrogens is 2. The maximum atomic E-state index is 11.7. The van der Waals surface area contributed by atoms with Crippen molar-refractivity contribution in [1.29, 1.82) is 5.26 Å². The van der Waals surface area contributed by atoms with Crippen LogP contribution in [-0.2, 0) is 11.3 Å². The van der Waals surface area contributed by atoms with Gasteiger partial charge in [0.15, 0.2) is 0 Å². The van der Waals surface area contributed by atoms with E-state index in [2.05, 4.69) is 10.4 Å². The van der Waals surface area contributed by atoms with Crippen LogP contribution in [0.3, 0.4) is 0 Å². The number of nitriles is 1. The summed E-state index contributed by atoms with van der Waals surface area (Å²) in [7, 11) is 0. The van der Waals surface area contributed by atoms with Gasteiger partial charge in [-0.1, -0.05) is 0 Å². The minimum atomic E-state index is -0.442. The van der Waals surface area contributed by atoms with Gasteiger partial charge in [-0.15, -0.1) is 0 Å². The standard InChI is InChI=1S/C12H17N5O3/c1-9(14)8-20-10-5-12(19)17(16-6-10)7-11(18)15-4-2-3-13/h5-6,9H,2,4,7-8,14H2,1H3,(H,15,18). The Morgan fingerprint density at radius 1 is 1.70 bits per heavy atom. The fraction of sp³-hybridized carbons (Fsp3) is 0.500. The van der Waals surface area contributed by atoms with E-state index in [1.54, 1.807) is 6.92 Å². The smallest absolute Gasteiger partial charge is 0.270 e. The fourth-order valence-corrected chi connectivity index (χ4v) is 1.29. The first-order chi connectivity index (χ1) is 9.52. The number of ether oxygens (including phenoxy) is 1. The Morgan fingerprint density at radius 2 is 2.45 bits per heavy atom. The van der Waals surface area contributed by atoms with Crippen molar-refractivity contribution in [2.24, 2.45) is 5.73 Å². The van der Waals surface area contributed by atoms with Gasteiger partial charge >= 0.3 is 0 Å². The maximum Gasteiger partial charge on any atom is 0.270 e. The second-order valence-corrected chi connectivity index (χ2v) is 4.23. The molecule has 0 aromatic carbocycles. The van der Waals surface area contributed by atoms with Gasteiger partial charge in [0, 0.05) is 18.7 Å². The molecule has 1 heterocycles. The molecular formula is C12H17N5O3. The number of nitrogens with two attached hydrogens (primary N) is 1. The molecule has 108 valence electrons. The molecule has 0 aliphatic heterocycles. The van der Waals surface area contributed by atoms with Crippen LogP contribution in [0.15, 0.2) is 17.1 Å². The lowest BCUT2D eigenvalue weighted by atomic mass is 10.4. The lowest BCUT2D eigenvalue weighted by Crippen LogP contribution is -2.34. The van der Waals surface area contributed by atoms with Gasteiger partial charge in [0.05, 0.1) is 18.7 Å². The molecule has 0 aliphatic rings. The van der Waals surface area contributed by atoms with Crippen molar-refractivity contribution >= 4 is 5.91 Å². The highest BCUT2D eigenvalue weighted by Gasteiger charge is 2.06. The second kappa shape index (κ2) is 7.91. The highest BCUT2D eigenvalue weighted by molar-refractivity contribution is 5.75. The minimum Gasteiger partial charge on any atom is -0.490 e. The molecular weight excluding hydrogens is 262 g/mol. The zero-order chi connectivity index (χ0) is 15.0. The predicted octanol–water partition coefficient (Wildman–Crippen LogP) is -1.00. The van der Waals surface area contributed by atoms with E-state index >= 15 is 0 Å². The van der Waals surface area contributed by atoms with Crippen molar-refractivity contribution in [3.8, 4) is 11.8 Å². The first-order valence-electron chi connectivity index (χ1n) is 6.12. The van der Waals surface area contributed by atoms with E-state index in [0.717, 1.165) is 4.68 Å². The van der Waals surface area contributed by atoms with Crippen molar-refractivity contribution in [3.63, 3.8) is 0 Å². The molecule has 1 atom stereocenters.